The smallest absolute Gasteiger partial charge is 0.317 e. The Bertz CT molecular complexity index is 561. The first-order chi connectivity index (χ1) is 13.9. The Labute approximate surface area is 177 Å². The van der Waals surface area contributed by atoms with E-state index in [0.29, 0.717) is 18.4 Å². The molecule has 0 radical (unpaired) electrons. The summed E-state index contributed by atoms with van der Waals surface area (Å²) in [6.07, 6.45) is 4.34. The lowest BCUT2D eigenvalue weighted by Gasteiger charge is -2.47. The van der Waals surface area contributed by atoms with Gasteiger partial charge in [0.25, 0.3) is 0 Å². The number of carbonyl (C=O) groups excluding carboxylic acids is 2. The first-order valence-corrected chi connectivity index (χ1v) is 11.7. The number of piperidine rings is 1. The monoisotopic (exact) mass is 406 g/mol. The molecule has 2 aliphatic rings. The highest BCUT2D eigenvalue weighted by atomic mass is 16.2. The van der Waals surface area contributed by atoms with Gasteiger partial charge in [-0.25, -0.2) is 4.79 Å². The minimum atomic E-state index is 0.0403. The van der Waals surface area contributed by atoms with Crippen LogP contribution in [0.4, 0.5) is 4.79 Å². The van der Waals surface area contributed by atoms with E-state index in [4.69, 9.17) is 0 Å². The number of urea groups is 1. The van der Waals surface area contributed by atoms with Gasteiger partial charge >= 0.3 is 6.03 Å². The van der Waals surface area contributed by atoms with Gasteiger partial charge in [-0.2, -0.15) is 0 Å². The molecule has 0 bridgehead atoms. The van der Waals surface area contributed by atoms with Gasteiger partial charge in [-0.3, -0.25) is 9.69 Å². The maximum Gasteiger partial charge on any atom is 0.317 e. The lowest BCUT2D eigenvalue weighted by molar-refractivity contribution is -0.119. The summed E-state index contributed by atoms with van der Waals surface area (Å²) in [7, 11) is 0. The van der Waals surface area contributed by atoms with Crippen LogP contribution < -0.4 is 5.32 Å². The summed E-state index contributed by atoms with van der Waals surface area (Å²) in [4.78, 5) is 31.9. The zero-order valence-corrected chi connectivity index (χ0v) is 19.1. The second-order valence-corrected chi connectivity index (χ2v) is 8.60. The van der Waals surface area contributed by atoms with Crippen molar-refractivity contribution in [3.8, 4) is 0 Å². The molecule has 1 aliphatic heterocycles. The normalized spacial score (nSPS) is 25.2. The molecule has 29 heavy (non-hydrogen) atoms. The first kappa shape index (κ1) is 23.9. The summed E-state index contributed by atoms with van der Waals surface area (Å²) in [5.74, 6) is 0.539. The molecular formula is C23H42N4O2. The number of ketones is 1. The summed E-state index contributed by atoms with van der Waals surface area (Å²) in [6.45, 7) is 19.1. The maximum absolute atomic E-state index is 12.9. The number of Topliss-reactive ketones (excluding diaryl/α,β-unsaturated/α-hetero) is 1. The molecule has 6 heteroatoms. The summed E-state index contributed by atoms with van der Waals surface area (Å²) in [5, 5.41) is 3.28. The van der Waals surface area contributed by atoms with Crippen LogP contribution in [0.3, 0.4) is 0 Å². The third-order valence-electron chi connectivity index (χ3n) is 6.66. The molecule has 2 rings (SSSR count). The summed E-state index contributed by atoms with van der Waals surface area (Å²) in [6, 6.07) is 0.564. The van der Waals surface area contributed by atoms with Gasteiger partial charge in [0.05, 0.1) is 0 Å². The van der Waals surface area contributed by atoms with Gasteiger partial charge < -0.3 is 15.1 Å². The van der Waals surface area contributed by atoms with E-state index in [1.165, 1.54) is 0 Å². The molecule has 0 spiro atoms. The first-order valence-electron chi connectivity index (χ1n) is 11.7. The third-order valence-corrected chi connectivity index (χ3v) is 6.66. The minimum absolute atomic E-state index is 0.0403. The Morgan fingerprint density at radius 3 is 2.48 bits per heavy atom. The van der Waals surface area contributed by atoms with Crippen molar-refractivity contribution in [1.82, 2.24) is 20.0 Å². The van der Waals surface area contributed by atoms with E-state index in [2.05, 4.69) is 42.5 Å². The maximum atomic E-state index is 12.9. The Hall–Kier alpha value is -1.40. The van der Waals surface area contributed by atoms with E-state index in [9.17, 15) is 9.59 Å². The number of fused-ring (bicyclic) bond motifs is 1. The molecule has 3 atom stereocenters. The van der Waals surface area contributed by atoms with Crippen LogP contribution >= 0.6 is 0 Å². The van der Waals surface area contributed by atoms with Crippen molar-refractivity contribution in [2.75, 3.05) is 45.8 Å². The van der Waals surface area contributed by atoms with E-state index >= 15 is 0 Å². The van der Waals surface area contributed by atoms with Crippen LogP contribution in [0.15, 0.2) is 12.2 Å². The number of amides is 2. The van der Waals surface area contributed by atoms with Crippen LogP contribution in [0, 0.1) is 5.92 Å². The number of likely N-dealkylation sites (tertiary alicyclic amines) is 1. The number of rotatable bonds is 10. The molecule has 0 aromatic heterocycles. The predicted molar refractivity (Wildman–Crippen MR) is 119 cm³/mol. The molecule has 0 unspecified atom stereocenters. The Balaban J connectivity index is 1.92. The zero-order valence-electron chi connectivity index (χ0n) is 19.1. The van der Waals surface area contributed by atoms with Gasteiger partial charge in [0.15, 0.2) is 5.78 Å². The standard InChI is InChI=1S/C23H42N4O2/c1-6-11-27-17-20(15-19-16-22(28)18(5)14-21(19)27)24-23(29)26(9-4)13-10-12-25(7-2)8-3/h19-21H,5-17H2,1-4H3,(H,24,29)/t19-,20+,21-/m1/s1. The molecule has 6 nitrogen and oxygen atoms in total. The Morgan fingerprint density at radius 2 is 1.86 bits per heavy atom. The average Bonchev–Trinajstić information content (AvgIpc) is 2.70. The summed E-state index contributed by atoms with van der Waals surface area (Å²) >= 11 is 0. The lowest BCUT2D eigenvalue weighted by atomic mass is 9.74. The Kier molecular flexibility index (Phi) is 9.63. The molecule has 2 amide bonds. The quantitative estimate of drug-likeness (QED) is 0.566. The third kappa shape index (κ3) is 6.54. The average molecular weight is 407 g/mol. The fourth-order valence-corrected chi connectivity index (χ4v) is 4.92. The topological polar surface area (TPSA) is 55.9 Å². The highest BCUT2D eigenvalue weighted by molar-refractivity contribution is 5.95. The second kappa shape index (κ2) is 11.7. The van der Waals surface area contributed by atoms with Gasteiger partial charge in [-0.1, -0.05) is 27.4 Å². The van der Waals surface area contributed by atoms with Crippen molar-refractivity contribution in [2.45, 2.75) is 71.9 Å². The number of carbonyl (C=O) groups is 2. The van der Waals surface area contributed by atoms with Crippen molar-refractivity contribution in [3.05, 3.63) is 12.2 Å². The fourth-order valence-electron chi connectivity index (χ4n) is 4.92. The van der Waals surface area contributed by atoms with Crippen molar-refractivity contribution >= 4 is 11.8 Å². The largest absolute Gasteiger partial charge is 0.334 e. The molecule has 0 aromatic rings. The van der Waals surface area contributed by atoms with Gasteiger partial charge in [0.2, 0.25) is 0 Å². The van der Waals surface area contributed by atoms with E-state index in [1.807, 2.05) is 11.8 Å². The van der Waals surface area contributed by atoms with Crippen LogP contribution in [0.5, 0.6) is 0 Å². The Morgan fingerprint density at radius 1 is 1.14 bits per heavy atom. The van der Waals surface area contributed by atoms with Crippen LogP contribution in [0.25, 0.3) is 0 Å². The molecule has 1 saturated carbocycles. The molecule has 2 fully saturated rings. The van der Waals surface area contributed by atoms with Gasteiger partial charge in [-0.15, -0.1) is 0 Å². The molecule has 1 N–H and O–H groups in total. The van der Waals surface area contributed by atoms with Crippen molar-refractivity contribution in [1.29, 1.82) is 0 Å². The minimum Gasteiger partial charge on any atom is -0.334 e. The number of hydrogen-bond acceptors (Lipinski definition) is 4. The van der Waals surface area contributed by atoms with E-state index in [-0.39, 0.29) is 17.9 Å². The van der Waals surface area contributed by atoms with Crippen molar-refractivity contribution < 1.29 is 9.59 Å². The second-order valence-electron chi connectivity index (χ2n) is 8.60. The van der Waals surface area contributed by atoms with Crippen LogP contribution in [-0.4, -0.2) is 84.4 Å². The summed E-state index contributed by atoms with van der Waals surface area (Å²) < 4.78 is 0. The lowest BCUT2D eigenvalue weighted by Crippen LogP contribution is -2.59. The SMILES string of the molecule is C=C1C[C@@H]2[C@@H](CC1=O)C[C@H](NC(=O)N(CC)CCCN(CC)CC)CN2CCC. The molecule has 1 saturated heterocycles. The molecule has 166 valence electrons. The van der Waals surface area contributed by atoms with Crippen LogP contribution in [-0.2, 0) is 4.79 Å². The van der Waals surface area contributed by atoms with Gasteiger partial charge in [0, 0.05) is 38.1 Å². The van der Waals surface area contributed by atoms with Crippen LogP contribution in [0.1, 0.15) is 59.8 Å². The molecule has 1 aliphatic carbocycles. The zero-order chi connectivity index (χ0) is 21.4. The predicted octanol–water partition coefficient (Wildman–Crippen LogP) is 3.14. The van der Waals surface area contributed by atoms with E-state index in [1.54, 1.807) is 0 Å². The van der Waals surface area contributed by atoms with Crippen LogP contribution in [0.2, 0.25) is 0 Å². The van der Waals surface area contributed by atoms with Gasteiger partial charge in [0.1, 0.15) is 0 Å². The highest BCUT2D eigenvalue weighted by Crippen LogP contribution is 2.35. The fraction of sp³-hybridized carbons (Fsp3) is 0.826. The molecule has 1 heterocycles. The highest BCUT2D eigenvalue weighted by Gasteiger charge is 2.41. The number of hydrogen-bond donors (Lipinski definition) is 1. The summed E-state index contributed by atoms with van der Waals surface area (Å²) in [5.41, 5.74) is 0.778. The molecule has 0 aromatic carbocycles. The van der Waals surface area contributed by atoms with Crippen molar-refractivity contribution in [2.24, 2.45) is 5.92 Å². The number of nitrogens with one attached hydrogen (secondary N) is 1. The van der Waals surface area contributed by atoms with E-state index in [0.717, 1.165) is 77.1 Å². The molecular weight excluding hydrogens is 364 g/mol. The van der Waals surface area contributed by atoms with E-state index < -0.39 is 0 Å². The van der Waals surface area contributed by atoms with Crippen molar-refractivity contribution in [3.63, 3.8) is 0 Å². The van der Waals surface area contributed by atoms with Gasteiger partial charge in [-0.05, 0) is 70.3 Å². The number of nitrogens with zero attached hydrogens (tertiary/aromatic N) is 3.